The molecule has 16 heavy (non-hydrogen) atoms. The molecule has 1 rings (SSSR count). The van der Waals surface area contributed by atoms with Crippen molar-refractivity contribution in [2.24, 2.45) is 0 Å². The SMILES string of the molecule is CCC(C)(CBr)NC(=O)c1ccc(Cl)cn1. The molecule has 0 saturated heterocycles. The van der Waals surface area contributed by atoms with E-state index in [1.165, 1.54) is 6.20 Å². The van der Waals surface area contributed by atoms with E-state index < -0.39 is 0 Å². The Hall–Kier alpha value is -0.610. The minimum atomic E-state index is -0.252. The molecule has 0 aliphatic heterocycles. The predicted octanol–water partition coefficient (Wildman–Crippen LogP) is 3.03. The summed E-state index contributed by atoms with van der Waals surface area (Å²) in [7, 11) is 0. The third-order valence-corrected chi connectivity index (χ3v) is 3.91. The summed E-state index contributed by atoms with van der Waals surface area (Å²) in [5.74, 6) is -0.180. The molecule has 1 aromatic heterocycles. The largest absolute Gasteiger partial charge is 0.345 e. The summed E-state index contributed by atoms with van der Waals surface area (Å²) in [4.78, 5) is 15.8. The highest BCUT2D eigenvalue weighted by molar-refractivity contribution is 9.09. The first-order valence-electron chi connectivity index (χ1n) is 5.01. The number of hydrogen-bond acceptors (Lipinski definition) is 2. The number of carbonyl (C=O) groups is 1. The fourth-order valence-corrected chi connectivity index (χ4v) is 1.71. The van der Waals surface area contributed by atoms with Crippen LogP contribution in [0.2, 0.25) is 5.02 Å². The maximum absolute atomic E-state index is 11.9. The smallest absolute Gasteiger partial charge is 0.270 e. The van der Waals surface area contributed by atoms with E-state index in [1.54, 1.807) is 12.1 Å². The van der Waals surface area contributed by atoms with Gasteiger partial charge in [-0.1, -0.05) is 34.5 Å². The van der Waals surface area contributed by atoms with Crippen LogP contribution in [0.25, 0.3) is 0 Å². The number of halogens is 2. The summed E-state index contributed by atoms with van der Waals surface area (Å²) < 4.78 is 0. The first-order valence-corrected chi connectivity index (χ1v) is 6.51. The van der Waals surface area contributed by atoms with Gasteiger partial charge in [0.1, 0.15) is 5.69 Å². The molecule has 0 radical (unpaired) electrons. The van der Waals surface area contributed by atoms with Crippen LogP contribution in [-0.4, -0.2) is 21.8 Å². The summed E-state index contributed by atoms with van der Waals surface area (Å²) in [5, 5.41) is 4.16. The van der Waals surface area contributed by atoms with E-state index >= 15 is 0 Å². The lowest BCUT2D eigenvalue weighted by Crippen LogP contribution is -2.47. The van der Waals surface area contributed by atoms with Crippen LogP contribution in [0.3, 0.4) is 0 Å². The number of pyridine rings is 1. The molecular formula is C11H14BrClN2O. The van der Waals surface area contributed by atoms with E-state index in [-0.39, 0.29) is 11.4 Å². The summed E-state index contributed by atoms with van der Waals surface area (Å²) in [6, 6.07) is 3.27. The van der Waals surface area contributed by atoms with Gasteiger partial charge in [0.05, 0.1) is 5.02 Å². The number of carbonyl (C=O) groups excluding carboxylic acids is 1. The van der Waals surface area contributed by atoms with Crippen molar-refractivity contribution < 1.29 is 4.79 Å². The van der Waals surface area contributed by atoms with Gasteiger partial charge in [0, 0.05) is 17.1 Å². The Morgan fingerprint density at radius 1 is 1.62 bits per heavy atom. The molecule has 0 aliphatic carbocycles. The van der Waals surface area contributed by atoms with E-state index in [2.05, 4.69) is 26.2 Å². The summed E-state index contributed by atoms with van der Waals surface area (Å²) in [6.45, 7) is 4.01. The van der Waals surface area contributed by atoms with Crippen molar-refractivity contribution in [2.45, 2.75) is 25.8 Å². The van der Waals surface area contributed by atoms with Gasteiger partial charge in [-0.25, -0.2) is 4.98 Å². The van der Waals surface area contributed by atoms with Gasteiger partial charge in [-0.05, 0) is 25.5 Å². The number of alkyl halides is 1. The monoisotopic (exact) mass is 304 g/mol. The number of aromatic nitrogens is 1. The summed E-state index contributed by atoms with van der Waals surface area (Å²) >= 11 is 9.09. The molecule has 0 saturated carbocycles. The minimum absolute atomic E-state index is 0.180. The van der Waals surface area contributed by atoms with Gasteiger partial charge in [0.25, 0.3) is 5.91 Å². The molecule has 0 bridgehead atoms. The van der Waals surface area contributed by atoms with Crippen LogP contribution < -0.4 is 5.32 Å². The average Bonchev–Trinajstić information content (AvgIpc) is 2.29. The second-order valence-corrected chi connectivity index (χ2v) is 4.86. The van der Waals surface area contributed by atoms with E-state index in [4.69, 9.17) is 11.6 Å². The molecule has 0 spiro atoms. The molecule has 1 unspecified atom stereocenters. The van der Waals surface area contributed by atoms with Crippen molar-refractivity contribution in [3.05, 3.63) is 29.0 Å². The highest BCUT2D eigenvalue weighted by atomic mass is 79.9. The van der Waals surface area contributed by atoms with Crippen molar-refractivity contribution in [2.75, 3.05) is 5.33 Å². The highest BCUT2D eigenvalue weighted by Crippen LogP contribution is 2.14. The maximum atomic E-state index is 11.9. The third-order valence-electron chi connectivity index (χ3n) is 2.45. The molecule has 0 aromatic carbocycles. The molecule has 1 amide bonds. The van der Waals surface area contributed by atoms with E-state index in [0.717, 1.165) is 6.42 Å². The Kier molecular flexibility index (Phi) is 4.74. The molecule has 0 aliphatic rings. The lowest BCUT2D eigenvalue weighted by atomic mass is 10.0. The maximum Gasteiger partial charge on any atom is 0.270 e. The van der Waals surface area contributed by atoms with Crippen LogP contribution in [0.1, 0.15) is 30.8 Å². The minimum Gasteiger partial charge on any atom is -0.345 e. The zero-order valence-corrected chi connectivity index (χ0v) is 11.6. The number of nitrogens with one attached hydrogen (secondary N) is 1. The number of nitrogens with zero attached hydrogens (tertiary/aromatic N) is 1. The predicted molar refractivity (Wildman–Crippen MR) is 69.2 cm³/mol. The average molecular weight is 306 g/mol. The molecule has 5 heteroatoms. The van der Waals surface area contributed by atoms with Crippen molar-refractivity contribution in [1.29, 1.82) is 0 Å². The Labute approximate surface area is 109 Å². The molecule has 1 atom stereocenters. The Bertz CT molecular complexity index is 363. The van der Waals surface area contributed by atoms with Crippen LogP contribution in [0.5, 0.6) is 0 Å². The van der Waals surface area contributed by atoms with E-state index in [1.807, 2.05) is 13.8 Å². The van der Waals surface area contributed by atoms with Crippen LogP contribution in [0, 0.1) is 0 Å². The fraction of sp³-hybridized carbons (Fsp3) is 0.455. The van der Waals surface area contributed by atoms with E-state index in [9.17, 15) is 4.79 Å². The van der Waals surface area contributed by atoms with E-state index in [0.29, 0.717) is 16.0 Å². The van der Waals surface area contributed by atoms with Crippen molar-refractivity contribution in [3.63, 3.8) is 0 Å². The van der Waals surface area contributed by atoms with Gasteiger partial charge in [0.2, 0.25) is 0 Å². The molecule has 1 N–H and O–H groups in total. The molecule has 0 fully saturated rings. The molecule has 88 valence electrons. The topological polar surface area (TPSA) is 42.0 Å². The summed E-state index contributed by atoms with van der Waals surface area (Å²) in [5.41, 5.74) is 0.128. The Morgan fingerprint density at radius 2 is 2.31 bits per heavy atom. The number of amides is 1. The first kappa shape index (κ1) is 13.5. The van der Waals surface area contributed by atoms with Crippen LogP contribution in [0.15, 0.2) is 18.3 Å². The van der Waals surface area contributed by atoms with Gasteiger partial charge in [-0.2, -0.15) is 0 Å². The van der Waals surface area contributed by atoms with Gasteiger partial charge in [0.15, 0.2) is 0 Å². The standard InChI is InChI=1S/C11H14BrClN2O/c1-3-11(2,7-12)15-10(16)9-5-4-8(13)6-14-9/h4-6H,3,7H2,1-2H3,(H,15,16). The molecule has 3 nitrogen and oxygen atoms in total. The molecular weight excluding hydrogens is 291 g/mol. The highest BCUT2D eigenvalue weighted by Gasteiger charge is 2.23. The molecule has 1 heterocycles. The van der Waals surface area contributed by atoms with Crippen LogP contribution >= 0.6 is 27.5 Å². The van der Waals surface area contributed by atoms with Crippen LogP contribution in [0.4, 0.5) is 0 Å². The van der Waals surface area contributed by atoms with Gasteiger partial charge in [-0.3, -0.25) is 4.79 Å². The van der Waals surface area contributed by atoms with Gasteiger partial charge >= 0.3 is 0 Å². The lowest BCUT2D eigenvalue weighted by Gasteiger charge is -2.27. The van der Waals surface area contributed by atoms with Crippen molar-refractivity contribution in [1.82, 2.24) is 10.3 Å². The Morgan fingerprint density at radius 3 is 2.75 bits per heavy atom. The lowest BCUT2D eigenvalue weighted by molar-refractivity contribution is 0.0908. The van der Waals surface area contributed by atoms with Crippen molar-refractivity contribution >= 4 is 33.4 Å². The number of rotatable bonds is 4. The molecule has 1 aromatic rings. The number of hydrogen-bond donors (Lipinski definition) is 1. The van der Waals surface area contributed by atoms with Crippen molar-refractivity contribution in [3.8, 4) is 0 Å². The third kappa shape index (κ3) is 3.46. The van der Waals surface area contributed by atoms with Crippen LogP contribution in [-0.2, 0) is 0 Å². The zero-order chi connectivity index (χ0) is 12.2. The zero-order valence-electron chi connectivity index (χ0n) is 9.26. The quantitative estimate of drug-likeness (QED) is 0.869. The van der Waals surface area contributed by atoms with Gasteiger partial charge < -0.3 is 5.32 Å². The first-order chi connectivity index (χ1) is 7.50. The fourth-order valence-electron chi connectivity index (χ4n) is 1.06. The normalized spacial score (nSPS) is 14.2. The second kappa shape index (κ2) is 5.64. The summed E-state index contributed by atoms with van der Waals surface area (Å²) in [6.07, 6.45) is 2.31. The Balaban J connectivity index is 2.76. The van der Waals surface area contributed by atoms with Gasteiger partial charge in [-0.15, -0.1) is 0 Å². The second-order valence-electron chi connectivity index (χ2n) is 3.86.